The average molecular weight is 372 g/mol. The number of ether oxygens (including phenoxy) is 1. The lowest BCUT2D eigenvalue weighted by Gasteiger charge is -2.19. The number of nitrogens with one attached hydrogen (secondary N) is 1. The van der Waals surface area contributed by atoms with Crippen molar-refractivity contribution in [3.63, 3.8) is 0 Å². The van der Waals surface area contributed by atoms with E-state index in [-0.39, 0.29) is 18.5 Å². The second-order valence-corrected chi connectivity index (χ2v) is 6.17. The summed E-state index contributed by atoms with van der Waals surface area (Å²) in [4.78, 5) is 27.4. The third-order valence-electron chi connectivity index (χ3n) is 3.88. The van der Waals surface area contributed by atoms with E-state index in [4.69, 9.17) is 16.3 Å². The molecule has 1 aliphatic heterocycles. The van der Waals surface area contributed by atoms with Crippen molar-refractivity contribution in [3.05, 3.63) is 34.6 Å². The Morgan fingerprint density at radius 3 is 2.84 bits per heavy atom. The fraction of sp³-hybridized carbons (Fsp3) is 0.529. The quantitative estimate of drug-likeness (QED) is 0.677. The van der Waals surface area contributed by atoms with Crippen LogP contribution in [0.2, 0.25) is 5.02 Å². The second-order valence-electron chi connectivity index (χ2n) is 5.76. The molecule has 1 N–H and O–H groups in total. The van der Waals surface area contributed by atoms with Gasteiger partial charge in [-0.1, -0.05) is 17.7 Å². The maximum Gasteiger partial charge on any atom is 0.320 e. The standard InChI is InChI=1S/C17H23ClFN3O3/c1-2-25-9-3-6-20-16(23)12-22-8-7-21(17(22)24)11-13-4-5-14(19)10-15(13)18/h4-5,10H,2-3,6-9,11-12H2,1H3,(H,20,23). The normalized spacial score (nSPS) is 14.3. The molecule has 1 aromatic carbocycles. The van der Waals surface area contributed by atoms with Gasteiger partial charge in [0.1, 0.15) is 12.4 Å². The maximum absolute atomic E-state index is 13.1. The predicted octanol–water partition coefficient (Wildman–Crippen LogP) is 2.26. The van der Waals surface area contributed by atoms with E-state index >= 15 is 0 Å². The first kappa shape index (κ1) is 19.5. The maximum atomic E-state index is 13.1. The number of halogens is 2. The molecule has 138 valence electrons. The summed E-state index contributed by atoms with van der Waals surface area (Å²) in [6.45, 7) is 5.01. The number of amides is 3. The van der Waals surface area contributed by atoms with Crippen LogP contribution in [0.15, 0.2) is 18.2 Å². The zero-order valence-corrected chi connectivity index (χ0v) is 15.0. The third kappa shape index (κ3) is 5.86. The molecule has 8 heteroatoms. The van der Waals surface area contributed by atoms with Crippen LogP contribution in [0.5, 0.6) is 0 Å². The van der Waals surface area contributed by atoms with Crippen molar-refractivity contribution in [2.75, 3.05) is 39.4 Å². The van der Waals surface area contributed by atoms with Crippen LogP contribution in [0.1, 0.15) is 18.9 Å². The summed E-state index contributed by atoms with van der Waals surface area (Å²) < 4.78 is 18.3. The predicted molar refractivity (Wildman–Crippen MR) is 92.9 cm³/mol. The molecule has 0 saturated carbocycles. The Bertz CT molecular complexity index is 615. The molecule has 0 radical (unpaired) electrons. The van der Waals surface area contributed by atoms with Crippen LogP contribution >= 0.6 is 11.6 Å². The monoisotopic (exact) mass is 371 g/mol. The van der Waals surface area contributed by atoms with Crippen LogP contribution in [-0.2, 0) is 16.1 Å². The topological polar surface area (TPSA) is 61.9 Å². The Morgan fingerprint density at radius 2 is 2.12 bits per heavy atom. The van der Waals surface area contributed by atoms with Crippen molar-refractivity contribution in [1.82, 2.24) is 15.1 Å². The number of benzene rings is 1. The van der Waals surface area contributed by atoms with Crippen LogP contribution in [0.4, 0.5) is 9.18 Å². The number of carbonyl (C=O) groups excluding carboxylic acids is 2. The minimum Gasteiger partial charge on any atom is -0.382 e. The van der Waals surface area contributed by atoms with Crippen molar-refractivity contribution in [1.29, 1.82) is 0 Å². The van der Waals surface area contributed by atoms with Gasteiger partial charge in [0.15, 0.2) is 0 Å². The highest BCUT2D eigenvalue weighted by Crippen LogP contribution is 2.21. The molecule has 0 aromatic heterocycles. The minimum absolute atomic E-state index is 0.0289. The van der Waals surface area contributed by atoms with Gasteiger partial charge in [0.2, 0.25) is 5.91 Å². The molecule has 3 amide bonds. The van der Waals surface area contributed by atoms with E-state index in [0.29, 0.717) is 50.0 Å². The Kier molecular flexibility index (Phi) is 7.46. The van der Waals surface area contributed by atoms with Crippen LogP contribution in [0.25, 0.3) is 0 Å². The van der Waals surface area contributed by atoms with Crippen LogP contribution in [0, 0.1) is 5.82 Å². The molecule has 25 heavy (non-hydrogen) atoms. The molecule has 0 bridgehead atoms. The summed E-state index contributed by atoms with van der Waals surface area (Å²) in [6.07, 6.45) is 0.739. The number of nitrogens with zero attached hydrogens (tertiary/aromatic N) is 2. The zero-order chi connectivity index (χ0) is 18.2. The van der Waals surface area contributed by atoms with Gasteiger partial charge < -0.3 is 19.9 Å². The molecule has 1 fully saturated rings. The number of carbonyl (C=O) groups is 2. The highest BCUT2D eigenvalue weighted by atomic mass is 35.5. The van der Waals surface area contributed by atoms with E-state index in [9.17, 15) is 14.0 Å². The van der Waals surface area contributed by atoms with Crippen molar-refractivity contribution in [3.8, 4) is 0 Å². The molecule has 0 unspecified atom stereocenters. The fourth-order valence-corrected chi connectivity index (χ4v) is 2.78. The van der Waals surface area contributed by atoms with Crippen molar-refractivity contribution < 1.29 is 18.7 Å². The van der Waals surface area contributed by atoms with E-state index < -0.39 is 5.82 Å². The smallest absolute Gasteiger partial charge is 0.320 e. The summed E-state index contributed by atoms with van der Waals surface area (Å²) >= 11 is 6.00. The Hall–Kier alpha value is -1.86. The van der Waals surface area contributed by atoms with Gasteiger partial charge in [-0.25, -0.2) is 9.18 Å². The lowest BCUT2D eigenvalue weighted by molar-refractivity contribution is -0.121. The lowest BCUT2D eigenvalue weighted by Crippen LogP contribution is -2.40. The molecule has 1 aromatic rings. The van der Waals surface area contributed by atoms with E-state index in [1.165, 1.54) is 17.0 Å². The van der Waals surface area contributed by atoms with E-state index in [2.05, 4.69) is 5.32 Å². The SMILES string of the molecule is CCOCCCNC(=O)CN1CCN(Cc2ccc(F)cc2Cl)C1=O. The van der Waals surface area contributed by atoms with Crippen LogP contribution in [0.3, 0.4) is 0 Å². The fourth-order valence-electron chi connectivity index (χ4n) is 2.56. The van der Waals surface area contributed by atoms with Gasteiger partial charge in [-0.05, 0) is 31.0 Å². The first-order valence-corrected chi connectivity index (χ1v) is 8.71. The number of rotatable bonds is 9. The number of urea groups is 1. The van der Waals surface area contributed by atoms with Gasteiger partial charge in [0, 0.05) is 44.4 Å². The first-order valence-electron chi connectivity index (χ1n) is 8.33. The van der Waals surface area contributed by atoms with Gasteiger partial charge in [0.25, 0.3) is 0 Å². The molecular formula is C17H23ClFN3O3. The average Bonchev–Trinajstić information content (AvgIpc) is 2.90. The molecule has 0 spiro atoms. The summed E-state index contributed by atoms with van der Waals surface area (Å²) in [5.74, 6) is -0.601. The lowest BCUT2D eigenvalue weighted by atomic mass is 10.2. The summed E-state index contributed by atoms with van der Waals surface area (Å²) in [7, 11) is 0. The van der Waals surface area contributed by atoms with Gasteiger partial charge in [-0.3, -0.25) is 4.79 Å². The Morgan fingerprint density at radius 1 is 1.36 bits per heavy atom. The first-order chi connectivity index (χ1) is 12.0. The minimum atomic E-state index is -0.413. The Labute approximate surface area is 151 Å². The van der Waals surface area contributed by atoms with E-state index in [1.807, 2.05) is 6.92 Å². The molecule has 0 aliphatic carbocycles. The highest BCUT2D eigenvalue weighted by Gasteiger charge is 2.30. The summed E-state index contributed by atoms with van der Waals surface area (Å²) in [5, 5.41) is 3.06. The van der Waals surface area contributed by atoms with Crippen molar-refractivity contribution in [2.24, 2.45) is 0 Å². The number of hydrogen-bond acceptors (Lipinski definition) is 3. The van der Waals surface area contributed by atoms with Gasteiger partial charge in [-0.2, -0.15) is 0 Å². The molecule has 1 saturated heterocycles. The van der Waals surface area contributed by atoms with Gasteiger partial charge >= 0.3 is 6.03 Å². The molecule has 2 rings (SSSR count). The Balaban J connectivity index is 1.78. The largest absolute Gasteiger partial charge is 0.382 e. The molecule has 1 heterocycles. The van der Waals surface area contributed by atoms with E-state index in [0.717, 1.165) is 6.42 Å². The van der Waals surface area contributed by atoms with Gasteiger partial charge in [-0.15, -0.1) is 0 Å². The van der Waals surface area contributed by atoms with Gasteiger partial charge in [0.05, 0.1) is 0 Å². The summed E-state index contributed by atoms with van der Waals surface area (Å²) in [6, 6.07) is 3.89. The third-order valence-corrected chi connectivity index (χ3v) is 4.24. The van der Waals surface area contributed by atoms with E-state index in [1.54, 1.807) is 11.0 Å². The number of hydrogen-bond donors (Lipinski definition) is 1. The van der Waals surface area contributed by atoms with Crippen molar-refractivity contribution in [2.45, 2.75) is 19.9 Å². The van der Waals surface area contributed by atoms with Crippen molar-refractivity contribution >= 4 is 23.5 Å². The van der Waals surface area contributed by atoms with Crippen LogP contribution in [-0.4, -0.2) is 61.1 Å². The molecule has 1 aliphatic rings. The molecule has 0 atom stereocenters. The summed E-state index contributed by atoms with van der Waals surface area (Å²) in [5.41, 5.74) is 0.679. The molecular weight excluding hydrogens is 349 g/mol. The second kappa shape index (κ2) is 9.58. The molecule has 6 nitrogen and oxygen atoms in total. The van der Waals surface area contributed by atoms with Crippen LogP contribution < -0.4 is 5.32 Å². The highest BCUT2D eigenvalue weighted by molar-refractivity contribution is 6.31. The zero-order valence-electron chi connectivity index (χ0n) is 14.3.